The Morgan fingerprint density at radius 3 is 2.81 bits per heavy atom. The van der Waals surface area contributed by atoms with E-state index in [1.165, 1.54) is 32.4 Å². The van der Waals surface area contributed by atoms with Crippen LogP contribution in [0.5, 0.6) is 5.88 Å². The summed E-state index contributed by atoms with van der Waals surface area (Å²) in [7, 11) is 0. The molecular weight excluding hydrogens is 224 g/mol. The molecule has 1 aromatic rings. The van der Waals surface area contributed by atoms with Gasteiger partial charge in [-0.3, -0.25) is 4.90 Å². The molecule has 0 amide bonds. The first-order valence-electron chi connectivity index (χ1n) is 5.82. The molecule has 1 fully saturated rings. The molecule has 0 atom stereocenters. The molecule has 16 heavy (non-hydrogen) atoms. The Morgan fingerprint density at radius 1 is 1.25 bits per heavy atom. The third-order valence-corrected chi connectivity index (χ3v) is 3.01. The number of ether oxygens (including phenoxy) is 1. The average Bonchev–Trinajstić information content (AvgIpc) is 2.30. The molecule has 88 valence electrons. The van der Waals surface area contributed by atoms with Crippen molar-refractivity contribution in [2.75, 3.05) is 26.2 Å². The van der Waals surface area contributed by atoms with Crippen LogP contribution in [0.3, 0.4) is 0 Å². The van der Waals surface area contributed by atoms with Gasteiger partial charge in [0.05, 0.1) is 0 Å². The minimum absolute atomic E-state index is 0.482. The second kappa shape index (κ2) is 6.06. The SMILES string of the molecule is Clc1cccc(OCCN2CCCCC2)n1. The molecule has 2 rings (SSSR count). The number of halogens is 1. The van der Waals surface area contributed by atoms with Crippen LogP contribution in [0.25, 0.3) is 0 Å². The zero-order valence-electron chi connectivity index (χ0n) is 9.36. The first-order chi connectivity index (χ1) is 7.84. The smallest absolute Gasteiger partial charge is 0.214 e. The Hall–Kier alpha value is -0.800. The number of aromatic nitrogens is 1. The van der Waals surface area contributed by atoms with E-state index < -0.39 is 0 Å². The van der Waals surface area contributed by atoms with Gasteiger partial charge >= 0.3 is 0 Å². The second-order valence-electron chi connectivity index (χ2n) is 4.05. The molecule has 0 spiro atoms. The monoisotopic (exact) mass is 240 g/mol. The molecule has 2 heterocycles. The maximum Gasteiger partial charge on any atom is 0.214 e. The average molecular weight is 241 g/mol. The van der Waals surface area contributed by atoms with Crippen LogP contribution in [0, 0.1) is 0 Å². The van der Waals surface area contributed by atoms with E-state index in [1.54, 1.807) is 6.07 Å². The van der Waals surface area contributed by atoms with Gasteiger partial charge in [0, 0.05) is 12.6 Å². The van der Waals surface area contributed by atoms with E-state index >= 15 is 0 Å². The standard InChI is InChI=1S/C12H17ClN2O/c13-11-5-4-6-12(14-11)16-10-9-15-7-2-1-3-8-15/h4-6H,1-3,7-10H2. The molecule has 1 aliphatic rings. The van der Waals surface area contributed by atoms with E-state index in [9.17, 15) is 0 Å². The quantitative estimate of drug-likeness (QED) is 0.757. The van der Waals surface area contributed by atoms with E-state index in [1.807, 2.05) is 12.1 Å². The maximum absolute atomic E-state index is 5.77. The number of nitrogens with zero attached hydrogens (tertiary/aromatic N) is 2. The molecule has 0 bridgehead atoms. The van der Waals surface area contributed by atoms with Crippen molar-refractivity contribution >= 4 is 11.6 Å². The van der Waals surface area contributed by atoms with Gasteiger partial charge in [0.2, 0.25) is 5.88 Å². The number of rotatable bonds is 4. The highest BCUT2D eigenvalue weighted by molar-refractivity contribution is 6.29. The Labute approximate surface area is 101 Å². The molecule has 1 aromatic heterocycles. The summed E-state index contributed by atoms with van der Waals surface area (Å²) in [5.74, 6) is 0.615. The van der Waals surface area contributed by atoms with Gasteiger partial charge in [-0.15, -0.1) is 0 Å². The van der Waals surface area contributed by atoms with Gasteiger partial charge in [0.15, 0.2) is 0 Å². The summed E-state index contributed by atoms with van der Waals surface area (Å²) in [6.07, 6.45) is 4.00. The largest absolute Gasteiger partial charge is 0.476 e. The van der Waals surface area contributed by atoms with Gasteiger partial charge in [-0.05, 0) is 32.0 Å². The van der Waals surface area contributed by atoms with E-state index in [4.69, 9.17) is 16.3 Å². The van der Waals surface area contributed by atoms with Gasteiger partial charge in [-0.2, -0.15) is 0 Å². The van der Waals surface area contributed by atoms with E-state index in [0.29, 0.717) is 17.6 Å². The molecule has 0 saturated carbocycles. The van der Waals surface area contributed by atoms with E-state index in [-0.39, 0.29) is 0 Å². The van der Waals surface area contributed by atoms with Crippen molar-refractivity contribution in [3.8, 4) is 5.88 Å². The lowest BCUT2D eigenvalue weighted by Gasteiger charge is -2.25. The summed E-state index contributed by atoms with van der Waals surface area (Å²) in [5.41, 5.74) is 0. The molecule has 0 aliphatic carbocycles. The zero-order chi connectivity index (χ0) is 11.2. The minimum Gasteiger partial charge on any atom is -0.476 e. The van der Waals surface area contributed by atoms with Crippen LogP contribution >= 0.6 is 11.6 Å². The normalized spacial score (nSPS) is 17.3. The summed E-state index contributed by atoms with van der Waals surface area (Å²) in [6, 6.07) is 5.44. The minimum atomic E-state index is 0.482. The Balaban J connectivity index is 1.71. The van der Waals surface area contributed by atoms with E-state index in [0.717, 1.165) is 6.54 Å². The fraction of sp³-hybridized carbons (Fsp3) is 0.583. The van der Waals surface area contributed by atoms with Crippen LogP contribution in [0.1, 0.15) is 19.3 Å². The lowest BCUT2D eigenvalue weighted by atomic mass is 10.1. The van der Waals surface area contributed by atoms with Crippen LogP contribution in [0.4, 0.5) is 0 Å². The summed E-state index contributed by atoms with van der Waals surface area (Å²) in [5, 5.41) is 0.482. The third kappa shape index (κ3) is 3.65. The lowest BCUT2D eigenvalue weighted by molar-refractivity contribution is 0.180. The van der Waals surface area contributed by atoms with Crippen molar-refractivity contribution in [1.82, 2.24) is 9.88 Å². The van der Waals surface area contributed by atoms with Crippen molar-refractivity contribution < 1.29 is 4.74 Å². The first kappa shape index (κ1) is 11.7. The molecule has 0 N–H and O–H groups in total. The highest BCUT2D eigenvalue weighted by atomic mass is 35.5. The molecular formula is C12H17ClN2O. The number of likely N-dealkylation sites (tertiary alicyclic amines) is 1. The van der Waals surface area contributed by atoms with Gasteiger partial charge < -0.3 is 4.74 Å². The Morgan fingerprint density at radius 2 is 2.06 bits per heavy atom. The molecule has 0 radical (unpaired) electrons. The summed E-state index contributed by atoms with van der Waals surface area (Å²) in [4.78, 5) is 6.52. The van der Waals surface area contributed by atoms with Crippen LogP contribution in [-0.2, 0) is 0 Å². The predicted molar refractivity (Wildman–Crippen MR) is 65.0 cm³/mol. The van der Waals surface area contributed by atoms with Crippen LogP contribution in [-0.4, -0.2) is 36.1 Å². The van der Waals surface area contributed by atoms with Crippen molar-refractivity contribution in [2.45, 2.75) is 19.3 Å². The van der Waals surface area contributed by atoms with E-state index in [2.05, 4.69) is 9.88 Å². The van der Waals surface area contributed by atoms with Gasteiger partial charge in [0.1, 0.15) is 11.8 Å². The number of hydrogen-bond donors (Lipinski definition) is 0. The maximum atomic E-state index is 5.77. The number of piperidine rings is 1. The summed E-state index contributed by atoms with van der Waals surface area (Å²) < 4.78 is 5.55. The highest BCUT2D eigenvalue weighted by Gasteiger charge is 2.09. The summed E-state index contributed by atoms with van der Waals surface area (Å²) >= 11 is 5.77. The highest BCUT2D eigenvalue weighted by Crippen LogP contribution is 2.12. The van der Waals surface area contributed by atoms with Crippen molar-refractivity contribution in [1.29, 1.82) is 0 Å². The topological polar surface area (TPSA) is 25.4 Å². The second-order valence-corrected chi connectivity index (χ2v) is 4.44. The fourth-order valence-electron chi connectivity index (χ4n) is 1.93. The molecule has 3 nitrogen and oxygen atoms in total. The van der Waals surface area contributed by atoms with Crippen molar-refractivity contribution in [3.63, 3.8) is 0 Å². The zero-order valence-corrected chi connectivity index (χ0v) is 10.1. The molecule has 1 saturated heterocycles. The van der Waals surface area contributed by atoms with Gasteiger partial charge in [0.25, 0.3) is 0 Å². The van der Waals surface area contributed by atoms with Gasteiger partial charge in [-0.1, -0.05) is 24.1 Å². The number of hydrogen-bond acceptors (Lipinski definition) is 3. The third-order valence-electron chi connectivity index (χ3n) is 2.80. The van der Waals surface area contributed by atoms with Crippen molar-refractivity contribution in [2.24, 2.45) is 0 Å². The molecule has 4 heteroatoms. The molecule has 0 unspecified atom stereocenters. The number of pyridine rings is 1. The fourth-order valence-corrected chi connectivity index (χ4v) is 2.09. The van der Waals surface area contributed by atoms with Gasteiger partial charge in [-0.25, -0.2) is 4.98 Å². The lowest BCUT2D eigenvalue weighted by Crippen LogP contribution is -2.33. The Kier molecular flexibility index (Phi) is 4.43. The first-order valence-corrected chi connectivity index (χ1v) is 6.20. The predicted octanol–water partition coefficient (Wildman–Crippen LogP) is 2.60. The Bertz CT molecular complexity index is 327. The molecule has 0 aromatic carbocycles. The van der Waals surface area contributed by atoms with Crippen LogP contribution in [0.15, 0.2) is 18.2 Å². The van der Waals surface area contributed by atoms with Crippen molar-refractivity contribution in [3.05, 3.63) is 23.4 Å². The van der Waals surface area contributed by atoms with Crippen LogP contribution < -0.4 is 4.74 Å². The van der Waals surface area contributed by atoms with Crippen LogP contribution in [0.2, 0.25) is 5.15 Å². The molecule has 1 aliphatic heterocycles. The summed E-state index contributed by atoms with van der Waals surface area (Å²) in [6.45, 7) is 4.07.